The van der Waals surface area contributed by atoms with Crippen molar-refractivity contribution in [1.82, 2.24) is 4.98 Å². The summed E-state index contributed by atoms with van der Waals surface area (Å²) in [5.74, 6) is -2.43. The summed E-state index contributed by atoms with van der Waals surface area (Å²) < 4.78 is 10.3. The van der Waals surface area contributed by atoms with Crippen LogP contribution in [0.25, 0.3) is 16.5 Å². The van der Waals surface area contributed by atoms with Gasteiger partial charge in [0, 0.05) is 42.1 Å². The van der Waals surface area contributed by atoms with E-state index >= 15 is 0 Å². The number of hydrogen-bond donors (Lipinski definition) is 1. The van der Waals surface area contributed by atoms with Gasteiger partial charge in [0.25, 0.3) is 0 Å². The van der Waals surface area contributed by atoms with Gasteiger partial charge in [-0.2, -0.15) is 0 Å². The first-order valence-corrected chi connectivity index (χ1v) is 8.78. The molecule has 0 spiro atoms. The molecule has 1 aromatic heterocycles. The van der Waals surface area contributed by atoms with Crippen molar-refractivity contribution in [2.45, 2.75) is 13.8 Å². The van der Waals surface area contributed by atoms with Crippen molar-refractivity contribution >= 4 is 40.0 Å². The molecule has 1 aliphatic rings. The normalized spacial score (nSPS) is 13.1. The van der Waals surface area contributed by atoms with E-state index in [1.807, 2.05) is 24.3 Å². The third-order valence-corrected chi connectivity index (χ3v) is 4.51. The van der Waals surface area contributed by atoms with Gasteiger partial charge in [-0.05, 0) is 24.3 Å². The number of Topliss-reactive ketones (excluding diaryl/α,β-unsaturated/α-hetero) is 1. The number of carbonyl (C=O) groups excluding carboxylic acids is 4. The van der Waals surface area contributed by atoms with E-state index in [-0.39, 0.29) is 28.2 Å². The monoisotopic (exact) mass is 389 g/mol. The van der Waals surface area contributed by atoms with Gasteiger partial charge in [-0.25, -0.2) is 0 Å². The van der Waals surface area contributed by atoms with E-state index in [2.05, 4.69) is 4.98 Å². The first kappa shape index (κ1) is 18.4. The minimum absolute atomic E-state index is 0.0593. The molecule has 0 saturated carbocycles. The fraction of sp³-hybridized carbons (Fsp3) is 0.0909. The number of H-pyrrole nitrogens is 1. The molecule has 0 saturated heterocycles. The van der Waals surface area contributed by atoms with Crippen LogP contribution in [-0.2, 0) is 9.59 Å². The Morgan fingerprint density at radius 3 is 2.14 bits per heavy atom. The molecule has 0 amide bonds. The van der Waals surface area contributed by atoms with Crippen LogP contribution in [0.15, 0.2) is 48.7 Å². The van der Waals surface area contributed by atoms with Crippen LogP contribution in [0.5, 0.6) is 11.5 Å². The number of rotatable bonds is 3. The first-order chi connectivity index (χ1) is 13.9. The minimum atomic E-state index is -0.643. The zero-order chi connectivity index (χ0) is 20.7. The molecule has 0 bridgehead atoms. The third kappa shape index (κ3) is 3.12. The molecular weight excluding hydrogens is 374 g/mol. The number of esters is 2. The zero-order valence-electron chi connectivity index (χ0n) is 15.6. The molecule has 2 aromatic carbocycles. The van der Waals surface area contributed by atoms with Gasteiger partial charge in [0.05, 0.1) is 11.1 Å². The number of carbonyl (C=O) groups is 4. The van der Waals surface area contributed by atoms with Gasteiger partial charge in [0.15, 0.2) is 11.6 Å². The van der Waals surface area contributed by atoms with Crippen LogP contribution in [0.1, 0.15) is 40.1 Å². The Morgan fingerprint density at radius 1 is 0.862 bits per heavy atom. The molecule has 1 N–H and O–H groups in total. The quantitative estimate of drug-likeness (QED) is 0.543. The van der Waals surface area contributed by atoms with Gasteiger partial charge >= 0.3 is 11.9 Å². The lowest BCUT2D eigenvalue weighted by Gasteiger charge is -2.20. The van der Waals surface area contributed by atoms with Gasteiger partial charge in [0.1, 0.15) is 11.5 Å². The predicted molar refractivity (Wildman–Crippen MR) is 104 cm³/mol. The van der Waals surface area contributed by atoms with Gasteiger partial charge in [-0.1, -0.05) is 18.2 Å². The summed E-state index contributed by atoms with van der Waals surface area (Å²) in [6, 6.07) is 10.0. The molecule has 0 unspecified atom stereocenters. The summed E-state index contributed by atoms with van der Waals surface area (Å²) in [7, 11) is 0. The van der Waals surface area contributed by atoms with Crippen molar-refractivity contribution in [2.75, 3.05) is 0 Å². The van der Waals surface area contributed by atoms with Crippen LogP contribution in [-0.4, -0.2) is 28.5 Å². The number of ether oxygens (including phenoxy) is 2. The number of fused-ring (bicyclic) bond motifs is 2. The fourth-order valence-electron chi connectivity index (χ4n) is 3.41. The Morgan fingerprint density at radius 2 is 1.48 bits per heavy atom. The number of allylic oxidation sites excluding steroid dienone is 2. The first-order valence-electron chi connectivity index (χ1n) is 8.78. The maximum atomic E-state index is 13.4. The summed E-state index contributed by atoms with van der Waals surface area (Å²) in [5.41, 5.74) is 1.31. The van der Waals surface area contributed by atoms with Gasteiger partial charge in [-0.15, -0.1) is 0 Å². The van der Waals surface area contributed by atoms with Crippen LogP contribution in [0.3, 0.4) is 0 Å². The highest BCUT2D eigenvalue weighted by Crippen LogP contribution is 2.40. The Kier molecular flexibility index (Phi) is 4.35. The highest BCUT2D eigenvalue weighted by molar-refractivity contribution is 6.41. The van der Waals surface area contributed by atoms with Crippen molar-refractivity contribution in [3.05, 3.63) is 65.4 Å². The number of nitrogens with one attached hydrogen (secondary N) is 1. The average Bonchev–Trinajstić information content (AvgIpc) is 3.09. The van der Waals surface area contributed by atoms with E-state index in [0.29, 0.717) is 5.56 Å². The summed E-state index contributed by atoms with van der Waals surface area (Å²) in [6.45, 7) is 2.38. The summed E-state index contributed by atoms with van der Waals surface area (Å²) in [5, 5.41) is 0.772. The van der Waals surface area contributed by atoms with Crippen molar-refractivity contribution in [2.24, 2.45) is 0 Å². The highest BCUT2D eigenvalue weighted by Gasteiger charge is 2.34. The highest BCUT2D eigenvalue weighted by atomic mass is 16.5. The zero-order valence-corrected chi connectivity index (χ0v) is 15.6. The molecule has 29 heavy (non-hydrogen) atoms. The van der Waals surface area contributed by atoms with Gasteiger partial charge < -0.3 is 14.5 Å². The molecular formula is C22H15NO6. The van der Waals surface area contributed by atoms with Crippen LogP contribution in [0.2, 0.25) is 0 Å². The van der Waals surface area contributed by atoms with E-state index in [1.165, 1.54) is 32.1 Å². The van der Waals surface area contributed by atoms with E-state index < -0.39 is 23.5 Å². The van der Waals surface area contributed by atoms with Crippen molar-refractivity contribution < 1.29 is 28.7 Å². The number of hydrogen-bond acceptors (Lipinski definition) is 6. The SMILES string of the molecule is CC(=O)Oc1ccc(OC(C)=O)c2c1C(=O)C=C(c1c[nH]c3ccccc13)C2=O. The van der Waals surface area contributed by atoms with Crippen LogP contribution < -0.4 is 9.47 Å². The van der Waals surface area contributed by atoms with E-state index in [1.54, 1.807) is 6.20 Å². The second-order valence-electron chi connectivity index (χ2n) is 6.50. The molecule has 7 nitrogen and oxygen atoms in total. The summed E-state index contributed by atoms with van der Waals surface area (Å²) in [4.78, 5) is 52.3. The molecule has 0 radical (unpaired) electrons. The second kappa shape index (κ2) is 6.87. The number of aromatic nitrogens is 1. The fourth-order valence-corrected chi connectivity index (χ4v) is 3.41. The maximum absolute atomic E-state index is 13.4. The lowest BCUT2D eigenvalue weighted by atomic mass is 9.85. The van der Waals surface area contributed by atoms with Gasteiger partial charge in [0.2, 0.25) is 0 Å². The molecule has 0 atom stereocenters. The number of ketones is 2. The van der Waals surface area contributed by atoms with Crippen molar-refractivity contribution in [3.63, 3.8) is 0 Å². The Hall–Kier alpha value is -4.00. The smallest absolute Gasteiger partial charge is 0.308 e. The molecule has 0 aliphatic heterocycles. The standard InChI is InChI=1S/C22H15NO6/c1-11(24)28-18-7-8-19(29-12(2)25)21-20(18)17(26)9-14(22(21)27)15-10-23-16-6-4-3-5-13(15)16/h3-10,23H,1-2H3. The average molecular weight is 389 g/mol. The lowest BCUT2D eigenvalue weighted by molar-refractivity contribution is -0.133. The molecule has 7 heteroatoms. The van der Waals surface area contributed by atoms with E-state index in [4.69, 9.17) is 9.47 Å². The Bertz CT molecular complexity index is 1250. The Labute approximate surface area is 164 Å². The third-order valence-electron chi connectivity index (χ3n) is 4.51. The lowest BCUT2D eigenvalue weighted by Crippen LogP contribution is -2.20. The van der Waals surface area contributed by atoms with Crippen LogP contribution in [0, 0.1) is 0 Å². The van der Waals surface area contributed by atoms with Crippen molar-refractivity contribution in [1.29, 1.82) is 0 Å². The van der Waals surface area contributed by atoms with E-state index in [9.17, 15) is 19.2 Å². The molecule has 3 aromatic rings. The number of para-hydroxylation sites is 1. The predicted octanol–water partition coefficient (Wildman–Crippen LogP) is 3.48. The Balaban J connectivity index is 1.93. The second-order valence-corrected chi connectivity index (χ2v) is 6.50. The molecule has 144 valence electrons. The molecule has 1 aliphatic carbocycles. The maximum Gasteiger partial charge on any atom is 0.308 e. The summed E-state index contributed by atoms with van der Waals surface area (Å²) >= 11 is 0. The van der Waals surface area contributed by atoms with Crippen molar-refractivity contribution in [3.8, 4) is 11.5 Å². The van der Waals surface area contributed by atoms with Crippen LogP contribution >= 0.6 is 0 Å². The summed E-state index contributed by atoms with van der Waals surface area (Å²) in [6.07, 6.45) is 2.86. The largest absolute Gasteiger partial charge is 0.426 e. The molecule has 4 rings (SSSR count). The number of aromatic amines is 1. The number of benzene rings is 2. The molecule has 0 fully saturated rings. The minimum Gasteiger partial charge on any atom is -0.426 e. The van der Waals surface area contributed by atoms with Gasteiger partial charge in [-0.3, -0.25) is 19.2 Å². The van der Waals surface area contributed by atoms with E-state index in [0.717, 1.165) is 10.9 Å². The molecule has 1 heterocycles. The van der Waals surface area contributed by atoms with Crippen LogP contribution in [0.4, 0.5) is 0 Å². The topological polar surface area (TPSA) is 103 Å².